The van der Waals surface area contributed by atoms with Gasteiger partial charge in [0.2, 0.25) is 0 Å². The molecule has 1 saturated carbocycles. The summed E-state index contributed by atoms with van der Waals surface area (Å²) in [5, 5.41) is 11.6. The Bertz CT molecular complexity index is 318. The van der Waals surface area contributed by atoms with E-state index in [-0.39, 0.29) is 12.1 Å². The molecule has 0 saturated heterocycles. The van der Waals surface area contributed by atoms with Crippen LogP contribution in [0.1, 0.15) is 19.3 Å². The summed E-state index contributed by atoms with van der Waals surface area (Å²) in [4.78, 5) is 24.7. The molecule has 0 bridgehead atoms. The van der Waals surface area contributed by atoms with E-state index in [0.29, 0.717) is 18.7 Å². The van der Waals surface area contributed by atoms with E-state index in [4.69, 9.17) is 5.11 Å². The molecule has 0 aromatic heterocycles. The average molecular weight is 272 g/mol. The maximum atomic E-state index is 12.0. The highest BCUT2D eigenvalue weighted by atomic mass is 32.2. The summed E-state index contributed by atoms with van der Waals surface area (Å²) in [6.07, 6.45) is 5.99. The van der Waals surface area contributed by atoms with Crippen LogP contribution in [0.5, 0.6) is 0 Å². The number of carboxylic acid groups (broad SMARTS) is 1. The molecule has 1 unspecified atom stereocenters. The summed E-state index contributed by atoms with van der Waals surface area (Å²) in [7, 11) is 0. The number of hydrogen-bond donors (Lipinski definition) is 2. The third-order valence-corrected chi connectivity index (χ3v) is 3.42. The second kappa shape index (κ2) is 7.31. The number of carbonyl (C=O) groups excluding carboxylic acids is 1. The molecule has 102 valence electrons. The van der Waals surface area contributed by atoms with Gasteiger partial charge in [0, 0.05) is 12.6 Å². The fourth-order valence-electron chi connectivity index (χ4n) is 1.65. The lowest BCUT2D eigenvalue weighted by molar-refractivity contribution is -0.139. The first-order valence-corrected chi connectivity index (χ1v) is 7.39. The smallest absolute Gasteiger partial charge is 0.326 e. The number of nitrogens with one attached hydrogen (secondary N) is 1. The molecular formula is C12H20N2O3S. The van der Waals surface area contributed by atoms with Crippen molar-refractivity contribution in [1.82, 2.24) is 10.2 Å². The number of rotatable bonds is 8. The van der Waals surface area contributed by atoms with Crippen molar-refractivity contribution < 1.29 is 14.7 Å². The van der Waals surface area contributed by atoms with Gasteiger partial charge in [0.25, 0.3) is 0 Å². The molecule has 1 aliphatic carbocycles. The first kappa shape index (κ1) is 14.9. The third-order valence-electron chi connectivity index (χ3n) is 2.78. The highest BCUT2D eigenvalue weighted by molar-refractivity contribution is 7.98. The zero-order valence-electron chi connectivity index (χ0n) is 10.6. The number of urea groups is 1. The maximum absolute atomic E-state index is 12.0. The molecule has 1 atom stereocenters. The van der Waals surface area contributed by atoms with Crippen LogP contribution in [0.2, 0.25) is 0 Å². The Balaban J connectivity index is 2.52. The van der Waals surface area contributed by atoms with E-state index in [0.717, 1.165) is 12.8 Å². The van der Waals surface area contributed by atoms with E-state index in [1.54, 1.807) is 22.7 Å². The van der Waals surface area contributed by atoms with Gasteiger partial charge in [-0.25, -0.2) is 9.59 Å². The van der Waals surface area contributed by atoms with Gasteiger partial charge in [0.15, 0.2) is 0 Å². The Labute approximate surface area is 112 Å². The number of thioether (sulfide) groups is 1. The quantitative estimate of drug-likeness (QED) is 0.658. The molecule has 0 spiro atoms. The fourth-order valence-corrected chi connectivity index (χ4v) is 2.12. The van der Waals surface area contributed by atoms with Crippen LogP contribution < -0.4 is 5.32 Å². The molecule has 0 aromatic carbocycles. The number of hydrogen-bond acceptors (Lipinski definition) is 3. The lowest BCUT2D eigenvalue weighted by Crippen LogP contribution is -2.49. The predicted molar refractivity (Wildman–Crippen MR) is 72.9 cm³/mol. The number of aliphatic carboxylic acids is 1. The Morgan fingerprint density at radius 2 is 2.28 bits per heavy atom. The van der Waals surface area contributed by atoms with Gasteiger partial charge in [0.05, 0.1) is 0 Å². The predicted octanol–water partition coefficient (Wildman–Crippen LogP) is 1.55. The second-order valence-corrected chi connectivity index (χ2v) is 5.28. The van der Waals surface area contributed by atoms with Crippen LogP contribution in [0.25, 0.3) is 0 Å². The van der Waals surface area contributed by atoms with Crippen LogP contribution in [0.4, 0.5) is 4.79 Å². The van der Waals surface area contributed by atoms with Gasteiger partial charge < -0.3 is 15.3 Å². The van der Waals surface area contributed by atoms with Crippen molar-refractivity contribution in [2.24, 2.45) is 0 Å². The lowest BCUT2D eigenvalue weighted by atomic mass is 10.2. The Morgan fingerprint density at radius 1 is 1.61 bits per heavy atom. The van der Waals surface area contributed by atoms with E-state index in [1.807, 2.05) is 6.26 Å². The number of carbonyl (C=O) groups is 2. The summed E-state index contributed by atoms with van der Waals surface area (Å²) >= 11 is 1.57. The van der Waals surface area contributed by atoms with Crippen LogP contribution in [-0.4, -0.2) is 52.6 Å². The molecule has 5 nitrogen and oxygen atoms in total. The van der Waals surface area contributed by atoms with Crippen LogP contribution in [-0.2, 0) is 4.79 Å². The number of carboxylic acids is 1. The molecule has 0 radical (unpaired) electrons. The van der Waals surface area contributed by atoms with Gasteiger partial charge in [0.1, 0.15) is 6.04 Å². The molecular weight excluding hydrogens is 252 g/mol. The van der Waals surface area contributed by atoms with Crippen LogP contribution in [0, 0.1) is 0 Å². The van der Waals surface area contributed by atoms with Crippen LogP contribution in [0.3, 0.4) is 0 Å². The van der Waals surface area contributed by atoms with Crippen LogP contribution in [0.15, 0.2) is 12.7 Å². The minimum Gasteiger partial charge on any atom is -0.480 e. The summed E-state index contributed by atoms with van der Waals surface area (Å²) in [5.41, 5.74) is 0. The van der Waals surface area contributed by atoms with E-state index >= 15 is 0 Å². The molecule has 0 heterocycles. The van der Waals surface area contributed by atoms with Crippen LogP contribution >= 0.6 is 11.8 Å². The average Bonchev–Trinajstić information content (AvgIpc) is 3.14. The molecule has 2 N–H and O–H groups in total. The number of nitrogens with zero attached hydrogens (tertiary/aromatic N) is 1. The topological polar surface area (TPSA) is 69.6 Å². The first-order valence-electron chi connectivity index (χ1n) is 6.00. The standard InChI is InChI=1S/C12H20N2O3S/c1-3-7-14(9-4-5-9)12(17)13-10(11(15)16)6-8-18-2/h3,9-10H,1,4-8H2,2H3,(H,13,17)(H,15,16). The van der Waals surface area contributed by atoms with Crippen molar-refractivity contribution in [2.45, 2.75) is 31.3 Å². The van der Waals surface area contributed by atoms with E-state index in [1.165, 1.54) is 0 Å². The highest BCUT2D eigenvalue weighted by Crippen LogP contribution is 2.26. The zero-order chi connectivity index (χ0) is 13.5. The van der Waals surface area contributed by atoms with E-state index in [2.05, 4.69) is 11.9 Å². The zero-order valence-corrected chi connectivity index (χ0v) is 11.4. The van der Waals surface area contributed by atoms with Crippen molar-refractivity contribution >= 4 is 23.8 Å². The van der Waals surface area contributed by atoms with Crippen molar-refractivity contribution in [1.29, 1.82) is 0 Å². The lowest BCUT2D eigenvalue weighted by Gasteiger charge is -2.23. The largest absolute Gasteiger partial charge is 0.480 e. The van der Waals surface area contributed by atoms with Gasteiger partial charge in [-0.05, 0) is 31.3 Å². The number of amides is 2. The molecule has 0 aliphatic heterocycles. The molecule has 0 aromatic rings. The van der Waals surface area contributed by atoms with Gasteiger partial charge >= 0.3 is 12.0 Å². The monoisotopic (exact) mass is 272 g/mol. The molecule has 2 amide bonds. The summed E-state index contributed by atoms with van der Waals surface area (Å²) < 4.78 is 0. The van der Waals surface area contributed by atoms with Crippen molar-refractivity contribution in [2.75, 3.05) is 18.6 Å². The molecule has 18 heavy (non-hydrogen) atoms. The molecule has 6 heteroatoms. The maximum Gasteiger partial charge on any atom is 0.326 e. The Kier molecular flexibility index (Phi) is 6.04. The Morgan fingerprint density at radius 3 is 2.72 bits per heavy atom. The highest BCUT2D eigenvalue weighted by Gasteiger charge is 2.33. The van der Waals surface area contributed by atoms with Crippen molar-refractivity contribution in [3.63, 3.8) is 0 Å². The fraction of sp³-hybridized carbons (Fsp3) is 0.667. The second-order valence-electron chi connectivity index (χ2n) is 4.29. The minimum absolute atomic E-state index is 0.248. The summed E-state index contributed by atoms with van der Waals surface area (Å²) in [6.45, 7) is 4.08. The summed E-state index contributed by atoms with van der Waals surface area (Å²) in [5.74, 6) is -0.269. The SMILES string of the molecule is C=CCN(C(=O)NC(CCSC)C(=O)O)C1CC1. The van der Waals surface area contributed by atoms with Gasteiger partial charge in [-0.2, -0.15) is 11.8 Å². The molecule has 1 aliphatic rings. The third kappa shape index (κ3) is 4.60. The van der Waals surface area contributed by atoms with Gasteiger partial charge in [-0.3, -0.25) is 0 Å². The van der Waals surface area contributed by atoms with E-state index in [9.17, 15) is 9.59 Å². The normalized spacial score (nSPS) is 15.8. The van der Waals surface area contributed by atoms with Crippen molar-refractivity contribution in [3.8, 4) is 0 Å². The van der Waals surface area contributed by atoms with Gasteiger partial charge in [-0.1, -0.05) is 6.08 Å². The first-order chi connectivity index (χ1) is 8.60. The summed E-state index contributed by atoms with van der Waals surface area (Å²) in [6, 6.07) is -0.861. The van der Waals surface area contributed by atoms with Crippen molar-refractivity contribution in [3.05, 3.63) is 12.7 Å². The minimum atomic E-state index is -0.980. The molecule has 1 rings (SSSR count). The van der Waals surface area contributed by atoms with Gasteiger partial charge in [-0.15, -0.1) is 6.58 Å². The van der Waals surface area contributed by atoms with E-state index < -0.39 is 12.0 Å². The molecule has 1 fully saturated rings. The Hall–Kier alpha value is -1.17.